The van der Waals surface area contributed by atoms with Crippen LogP contribution in [-0.2, 0) is 0 Å². The largest absolute Gasteiger partial charge is 0.353 e. The van der Waals surface area contributed by atoms with E-state index in [2.05, 4.69) is 9.97 Å². The van der Waals surface area contributed by atoms with Crippen molar-refractivity contribution in [1.29, 1.82) is 0 Å². The molecule has 3 rings (SSSR count). The zero-order valence-electron chi connectivity index (χ0n) is 8.18. The maximum Gasteiger partial charge on any atom is 0.270 e. The first-order chi connectivity index (χ1) is 7.75. The van der Waals surface area contributed by atoms with Crippen LogP contribution >= 0.6 is 0 Å². The Labute approximate surface area is 89.9 Å². The lowest BCUT2D eigenvalue weighted by Gasteiger charge is -1.92. The van der Waals surface area contributed by atoms with E-state index in [4.69, 9.17) is 0 Å². The molecule has 3 aromatic rings. The van der Waals surface area contributed by atoms with Crippen molar-refractivity contribution in [2.45, 2.75) is 0 Å². The van der Waals surface area contributed by atoms with Crippen LogP contribution in [0.25, 0.3) is 21.8 Å². The van der Waals surface area contributed by atoms with Gasteiger partial charge in [-0.15, -0.1) is 0 Å². The first kappa shape index (κ1) is 8.84. The molecule has 1 N–H and O–H groups in total. The molecule has 2 heterocycles. The van der Waals surface area contributed by atoms with Crippen molar-refractivity contribution >= 4 is 27.5 Å². The van der Waals surface area contributed by atoms with Gasteiger partial charge >= 0.3 is 0 Å². The number of rotatable bonds is 1. The number of fused-ring (bicyclic) bond motifs is 3. The van der Waals surface area contributed by atoms with Crippen LogP contribution in [0.2, 0.25) is 0 Å². The third kappa shape index (κ3) is 1.15. The van der Waals surface area contributed by atoms with E-state index in [0.29, 0.717) is 0 Å². The number of nitrogens with one attached hydrogen (secondary N) is 1. The zero-order valence-corrected chi connectivity index (χ0v) is 8.18. The van der Waals surface area contributed by atoms with E-state index in [1.807, 2.05) is 6.07 Å². The minimum absolute atomic E-state index is 0.102. The second-order valence-electron chi connectivity index (χ2n) is 3.53. The fourth-order valence-corrected chi connectivity index (χ4v) is 1.85. The SMILES string of the molecule is O=[N+]([O-])c1ccc2[nH]c3cnccc3c2c1. The van der Waals surface area contributed by atoms with Crippen LogP contribution in [0.3, 0.4) is 0 Å². The average molecular weight is 213 g/mol. The lowest BCUT2D eigenvalue weighted by molar-refractivity contribution is -0.384. The highest BCUT2D eigenvalue weighted by molar-refractivity contribution is 6.07. The summed E-state index contributed by atoms with van der Waals surface area (Å²) in [6.45, 7) is 0. The Kier molecular flexibility index (Phi) is 1.67. The van der Waals surface area contributed by atoms with Gasteiger partial charge in [0.2, 0.25) is 0 Å². The van der Waals surface area contributed by atoms with Crippen molar-refractivity contribution in [2.24, 2.45) is 0 Å². The van der Waals surface area contributed by atoms with Crippen molar-refractivity contribution in [1.82, 2.24) is 9.97 Å². The number of non-ortho nitro benzene ring substituents is 1. The van der Waals surface area contributed by atoms with Gasteiger partial charge in [0.1, 0.15) is 0 Å². The molecule has 5 nitrogen and oxygen atoms in total. The number of nitro benzene ring substituents is 1. The van der Waals surface area contributed by atoms with Crippen LogP contribution in [0.4, 0.5) is 5.69 Å². The molecule has 0 saturated heterocycles. The maximum atomic E-state index is 10.7. The van der Waals surface area contributed by atoms with E-state index in [1.54, 1.807) is 24.5 Å². The predicted octanol–water partition coefficient (Wildman–Crippen LogP) is 2.62. The van der Waals surface area contributed by atoms with Gasteiger partial charge in [-0.05, 0) is 12.1 Å². The van der Waals surface area contributed by atoms with Crippen LogP contribution in [0.1, 0.15) is 0 Å². The van der Waals surface area contributed by atoms with Gasteiger partial charge in [0, 0.05) is 34.6 Å². The highest BCUT2D eigenvalue weighted by atomic mass is 16.6. The standard InChI is InChI=1S/C11H7N3O2/c15-14(16)7-1-2-10-9(5-7)8-3-4-12-6-11(8)13-10/h1-6,13H. The Morgan fingerprint density at radius 2 is 2.06 bits per heavy atom. The highest BCUT2D eigenvalue weighted by Crippen LogP contribution is 2.27. The zero-order chi connectivity index (χ0) is 11.1. The van der Waals surface area contributed by atoms with Crippen LogP contribution in [0.15, 0.2) is 36.7 Å². The van der Waals surface area contributed by atoms with Crippen LogP contribution in [0.5, 0.6) is 0 Å². The number of pyridine rings is 1. The fourth-order valence-electron chi connectivity index (χ4n) is 1.85. The third-order valence-corrected chi connectivity index (χ3v) is 2.59. The molecule has 0 saturated carbocycles. The van der Waals surface area contributed by atoms with Crippen LogP contribution in [0, 0.1) is 10.1 Å². The Bertz CT molecular complexity index is 703. The Balaban J connectivity index is 2.44. The lowest BCUT2D eigenvalue weighted by atomic mass is 10.2. The van der Waals surface area contributed by atoms with Crippen molar-refractivity contribution in [2.75, 3.05) is 0 Å². The second-order valence-corrected chi connectivity index (χ2v) is 3.53. The number of aromatic nitrogens is 2. The van der Waals surface area contributed by atoms with Gasteiger partial charge in [0.15, 0.2) is 0 Å². The molecular formula is C11H7N3O2. The minimum atomic E-state index is -0.389. The van der Waals surface area contributed by atoms with Gasteiger partial charge in [0.05, 0.1) is 16.6 Å². The number of aromatic amines is 1. The van der Waals surface area contributed by atoms with Gasteiger partial charge in [0.25, 0.3) is 5.69 Å². The van der Waals surface area contributed by atoms with Gasteiger partial charge in [-0.3, -0.25) is 15.1 Å². The molecule has 1 aromatic carbocycles. The van der Waals surface area contributed by atoms with Crippen molar-refractivity contribution in [3.63, 3.8) is 0 Å². The number of benzene rings is 1. The van der Waals surface area contributed by atoms with E-state index in [1.165, 1.54) is 6.07 Å². The molecule has 0 unspecified atom stereocenters. The summed E-state index contributed by atoms with van der Waals surface area (Å²) >= 11 is 0. The molecule has 5 heteroatoms. The molecule has 0 amide bonds. The molecule has 0 atom stereocenters. The van der Waals surface area contributed by atoms with Gasteiger partial charge in [-0.1, -0.05) is 0 Å². The van der Waals surface area contributed by atoms with Crippen LogP contribution < -0.4 is 0 Å². The molecular weight excluding hydrogens is 206 g/mol. The van der Waals surface area contributed by atoms with Crippen molar-refractivity contribution < 1.29 is 4.92 Å². The third-order valence-electron chi connectivity index (χ3n) is 2.59. The van der Waals surface area contributed by atoms with E-state index >= 15 is 0 Å². The molecule has 0 spiro atoms. The summed E-state index contributed by atoms with van der Waals surface area (Å²) in [5.41, 5.74) is 1.87. The number of hydrogen-bond donors (Lipinski definition) is 1. The molecule has 78 valence electrons. The number of hydrogen-bond acceptors (Lipinski definition) is 3. The van der Waals surface area contributed by atoms with Gasteiger partial charge < -0.3 is 4.98 Å². The molecule has 0 aliphatic carbocycles. The minimum Gasteiger partial charge on any atom is -0.353 e. The average Bonchev–Trinajstić information content (AvgIpc) is 2.66. The number of nitrogens with zero attached hydrogens (tertiary/aromatic N) is 2. The summed E-state index contributed by atoms with van der Waals surface area (Å²) in [5, 5.41) is 12.5. The monoisotopic (exact) mass is 213 g/mol. The summed E-state index contributed by atoms with van der Waals surface area (Å²) in [4.78, 5) is 17.5. The smallest absolute Gasteiger partial charge is 0.270 e. The number of H-pyrrole nitrogens is 1. The molecule has 0 radical (unpaired) electrons. The summed E-state index contributed by atoms with van der Waals surface area (Å²) in [6, 6.07) is 6.63. The first-order valence-electron chi connectivity index (χ1n) is 4.75. The second kappa shape index (κ2) is 3.03. The quantitative estimate of drug-likeness (QED) is 0.498. The molecule has 0 fully saturated rings. The first-order valence-corrected chi connectivity index (χ1v) is 4.75. The predicted molar refractivity (Wildman–Crippen MR) is 60.3 cm³/mol. The molecule has 0 aliphatic heterocycles. The van der Waals surface area contributed by atoms with E-state index in [9.17, 15) is 10.1 Å². The summed E-state index contributed by atoms with van der Waals surface area (Å²) < 4.78 is 0. The van der Waals surface area contributed by atoms with Crippen molar-refractivity contribution in [3.05, 3.63) is 46.8 Å². The van der Waals surface area contributed by atoms with Gasteiger partial charge in [-0.25, -0.2) is 0 Å². The topological polar surface area (TPSA) is 71.8 Å². The Morgan fingerprint density at radius 1 is 1.19 bits per heavy atom. The van der Waals surface area contributed by atoms with Crippen LogP contribution in [-0.4, -0.2) is 14.9 Å². The highest BCUT2D eigenvalue weighted by Gasteiger charge is 2.09. The van der Waals surface area contributed by atoms with Crippen molar-refractivity contribution in [3.8, 4) is 0 Å². The fraction of sp³-hybridized carbons (Fsp3) is 0. The van der Waals surface area contributed by atoms with E-state index in [0.717, 1.165) is 21.8 Å². The molecule has 0 bridgehead atoms. The van der Waals surface area contributed by atoms with Gasteiger partial charge in [-0.2, -0.15) is 0 Å². The van der Waals surface area contributed by atoms with E-state index < -0.39 is 0 Å². The number of nitro groups is 1. The van der Waals surface area contributed by atoms with E-state index in [-0.39, 0.29) is 10.6 Å². The summed E-state index contributed by atoms with van der Waals surface area (Å²) in [7, 11) is 0. The maximum absolute atomic E-state index is 10.7. The Morgan fingerprint density at radius 3 is 2.88 bits per heavy atom. The normalized spacial score (nSPS) is 11.0. The Hall–Kier alpha value is -2.43. The molecule has 0 aliphatic rings. The summed E-state index contributed by atoms with van der Waals surface area (Å²) in [5.74, 6) is 0. The lowest BCUT2D eigenvalue weighted by Crippen LogP contribution is -1.86. The summed E-state index contributed by atoms with van der Waals surface area (Å²) in [6.07, 6.45) is 3.38. The molecule has 16 heavy (non-hydrogen) atoms. The molecule has 2 aromatic heterocycles.